The minimum Gasteiger partial charge on any atom is -0.399 e. The number of nitrogens with one attached hydrogen (secondary N) is 1. The van der Waals surface area contributed by atoms with Gasteiger partial charge in [0.2, 0.25) is 11.1 Å². The monoisotopic (exact) mass is 790 g/mol. The number of nitrogens with two attached hydrogens (primary N) is 1. The first-order valence-corrected chi connectivity index (χ1v) is 17.7. The van der Waals surface area contributed by atoms with E-state index in [9.17, 15) is 18.4 Å². The van der Waals surface area contributed by atoms with Crippen molar-refractivity contribution in [3.63, 3.8) is 0 Å². The van der Waals surface area contributed by atoms with E-state index in [4.69, 9.17) is 17.3 Å². The van der Waals surface area contributed by atoms with E-state index in [1.54, 1.807) is 30.6 Å². The number of allylic oxidation sites excluding steroid dienone is 1. The molecule has 0 saturated carbocycles. The number of carbonyl (C=O) groups excluding carboxylic acids is 2. The Bertz CT molecular complexity index is 2780. The lowest BCUT2D eigenvalue weighted by Gasteiger charge is -2.11. The third-order valence-corrected chi connectivity index (χ3v) is 8.67. The molecule has 1 amide bonds. The highest BCUT2D eigenvalue weighted by atomic mass is 35.5. The molecule has 8 rings (SSSR count). The minimum absolute atomic E-state index is 0. The van der Waals surface area contributed by atoms with Crippen LogP contribution < -0.4 is 11.1 Å². The van der Waals surface area contributed by atoms with Gasteiger partial charge in [0.25, 0.3) is 0 Å². The van der Waals surface area contributed by atoms with Gasteiger partial charge in [-0.05, 0) is 130 Å². The predicted molar refractivity (Wildman–Crippen MR) is 232 cm³/mol. The quantitative estimate of drug-likeness (QED) is 0.0935. The third-order valence-electron chi connectivity index (χ3n) is 8.51. The molecule has 0 fully saturated rings. The highest BCUT2D eigenvalue weighted by Crippen LogP contribution is 2.35. The molecule has 0 atom stereocenters. The van der Waals surface area contributed by atoms with E-state index in [-0.39, 0.29) is 25.0 Å². The summed E-state index contributed by atoms with van der Waals surface area (Å²) in [4.78, 5) is 38.2. The zero-order valence-electron chi connectivity index (χ0n) is 30.2. The Morgan fingerprint density at radius 3 is 1.53 bits per heavy atom. The highest BCUT2D eigenvalue weighted by Gasteiger charge is 2.12. The second-order valence-electron chi connectivity index (χ2n) is 12.4. The van der Waals surface area contributed by atoms with Crippen LogP contribution in [0.3, 0.4) is 0 Å². The van der Waals surface area contributed by atoms with Crippen LogP contribution in [0.25, 0.3) is 66.3 Å². The van der Waals surface area contributed by atoms with E-state index in [2.05, 4.69) is 38.4 Å². The number of hydrogen-bond acceptors (Lipinski definition) is 7. The molecular formula is C47H37ClF2N6O2. The molecule has 0 aliphatic heterocycles. The molecule has 8 nitrogen and oxygen atoms in total. The maximum atomic E-state index is 13.7. The third kappa shape index (κ3) is 10.4. The molecule has 0 aliphatic carbocycles. The summed E-state index contributed by atoms with van der Waals surface area (Å²) in [7, 11) is 0. The number of benzene rings is 6. The maximum Gasteiger partial charge on any atom is 0.247 e. The van der Waals surface area contributed by atoms with Crippen molar-refractivity contribution in [2.24, 2.45) is 0 Å². The van der Waals surface area contributed by atoms with Gasteiger partial charge in [0.1, 0.15) is 24.3 Å². The van der Waals surface area contributed by atoms with Crippen LogP contribution in [0.5, 0.6) is 0 Å². The average Bonchev–Trinajstić information content (AvgIpc) is 3.23. The van der Waals surface area contributed by atoms with Crippen molar-refractivity contribution in [1.82, 2.24) is 19.9 Å². The van der Waals surface area contributed by atoms with Gasteiger partial charge in [-0.2, -0.15) is 0 Å². The summed E-state index contributed by atoms with van der Waals surface area (Å²) in [6.45, 7) is 6.55. The van der Waals surface area contributed by atoms with Gasteiger partial charge in [0.15, 0.2) is 0 Å². The highest BCUT2D eigenvalue weighted by molar-refractivity contribution is 6.66. The SMILES string of the molecule is C.C=CC(=O)Cl.C=CC(=O)Nc1cccc(-c2cc(-c3cccc(F)c3)cc3cncnc23)c1.Nc1cccc(-c2cc(-c3cccc(F)c3)cc3cncnc23)c1. The number of carbonyl (C=O) groups is 2. The standard InChI is InChI=1S/C23H16FN3O.C20H14FN3.C3H3ClO.CH4/c1-2-22(28)27-20-8-4-6-16(11-20)21-12-17(15-5-3-7-19(24)10-15)9-18-13-25-14-26-23(18)21;21-17-5-1-3-13(8-17)15-7-16-11-23-12-24-20(16)19(10-15)14-4-2-6-18(22)9-14;1-2-3(4)5;/h2-14H,1H2,(H,27,28);1-12H,22H2;2H,1H2;1H4. The average molecular weight is 791 g/mol. The fraction of sp³-hybridized carbons (Fsp3) is 0.0213. The molecule has 2 heterocycles. The molecule has 11 heteroatoms. The minimum atomic E-state index is -0.509. The van der Waals surface area contributed by atoms with Crippen molar-refractivity contribution in [2.45, 2.75) is 7.43 Å². The summed E-state index contributed by atoms with van der Waals surface area (Å²) < 4.78 is 27.3. The van der Waals surface area contributed by atoms with E-state index in [1.165, 1.54) is 43.0 Å². The summed E-state index contributed by atoms with van der Waals surface area (Å²) in [5.41, 5.74) is 15.9. The fourth-order valence-electron chi connectivity index (χ4n) is 5.98. The zero-order valence-corrected chi connectivity index (χ0v) is 31.0. The number of rotatable bonds is 7. The second kappa shape index (κ2) is 19.4. The second-order valence-corrected chi connectivity index (χ2v) is 12.8. The first-order valence-electron chi connectivity index (χ1n) is 17.3. The van der Waals surface area contributed by atoms with E-state index >= 15 is 0 Å². The molecule has 0 unspecified atom stereocenters. The van der Waals surface area contributed by atoms with E-state index in [1.807, 2.05) is 78.9 Å². The van der Waals surface area contributed by atoms with Crippen molar-refractivity contribution < 1.29 is 18.4 Å². The molecule has 0 bridgehead atoms. The number of hydrogen-bond donors (Lipinski definition) is 2. The first-order chi connectivity index (χ1) is 27.6. The first kappa shape index (κ1) is 41.7. The lowest BCUT2D eigenvalue weighted by atomic mass is 9.96. The molecule has 6 aromatic carbocycles. The number of fused-ring (bicyclic) bond motifs is 2. The zero-order chi connectivity index (χ0) is 40.3. The number of nitrogen functional groups attached to an aromatic ring is 1. The van der Waals surface area contributed by atoms with E-state index < -0.39 is 5.24 Å². The largest absolute Gasteiger partial charge is 0.399 e. The van der Waals surface area contributed by atoms with Crippen molar-refractivity contribution in [3.8, 4) is 44.5 Å². The van der Waals surface area contributed by atoms with Crippen molar-refractivity contribution in [1.29, 1.82) is 0 Å². The van der Waals surface area contributed by atoms with Gasteiger partial charge in [-0.25, -0.2) is 28.7 Å². The van der Waals surface area contributed by atoms with Gasteiger partial charge >= 0.3 is 0 Å². The molecule has 2 aromatic heterocycles. The summed E-state index contributed by atoms with van der Waals surface area (Å²) in [6.07, 6.45) is 8.79. The lowest BCUT2D eigenvalue weighted by Crippen LogP contribution is -2.07. The van der Waals surface area contributed by atoms with Crippen LogP contribution >= 0.6 is 11.6 Å². The normalized spacial score (nSPS) is 10.2. The number of nitrogens with zero attached hydrogens (tertiary/aromatic N) is 4. The maximum absolute atomic E-state index is 13.7. The number of aromatic nitrogens is 4. The molecule has 8 aromatic rings. The Balaban J connectivity index is 0.000000197. The Morgan fingerprint density at radius 2 is 1.07 bits per heavy atom. The van der Waals surface area contributed by atoms with Gasteiger partial charge in [-0.15, -0.1) is 0 Å². The van der Waals surface area contributed by atoms with Gasteiger partial charge in [-0.1, -0.05) is 69.1 Å². The van der Waals surface area contributed by atoms with Crippen LogP contribution in [0, 0.1) is 11.6 Å². The molecule has 58 heavy (non-hydrogen) atoms. The van der Waals surface area contributed by atoms with Crippen LogP contribution in [0.2, 0.25) is 0 Å². The summed E-state index contributed by atoms with van der Waals surface area (Å²) >= 11 is 4.71. The Hall–Kier alpha value is -7.43. The Morgan fingerprint density at radius 1 is 0.603 bits per heavy atom. The van der Waals surface area contributed by atoms with Gasteiger partial charge in [0, 0.05) is 45.7 Å². The summed E-state index contributed by atoms with van der Waals surface area (Å²) in [5, 5.41) is 4.00. The van der Waals surface area contributed by atoms with Gasteiger partial charge in [0.05, 0.1) is 11.0 Å². The van der Waals surface area contributed by atoms with Crippen molar-refractivity contribution in [3.05, 3.63) is 183 Å². The molecule has 0 aliphatic rings. The molecule has 3 N–H and O–H groups in total. The molecule has 0 spiro atoms. The number of amides is 1. The topological polar surface area (TPSA) is 124 Å². The Labute approximate surface area is 339 Å². The number of anilines is 2. The van der Waals surface area contributed by atoms with Crippen molar-refractivity contribution in [2.75, 3.05) is 11.1 Å². The predicted octanol–water partition coefficient (Wildman–Crippen LogP) is 11.5. The van der Waals surface area contributed by atoms with E-state index in [0.29, 0.717) is 11.4 Å². The van der Waals surface area contributed by atoms with Crippen molar-refractivity contribution >= 4 is 55.9 Å². The van der Waals surface area contributed by atoms with Gasteiger partial charge in [-0.3, -0.25) is 9.59 Å². The van der Waals surface area contributed by atoms with Crippen LogP contribution in [-0.2, 0) is 9.59 Å². The molecular weight excluding hydrogens is 754 g/mol. The number of halogens is 3. The molecule has 0 radical (unpaired) electrons. The van der Waals surface area contributed by atoms with E-state index in [0.717, 1.165) is 72.4 Å². The lowest BCUT2D eigenvalue weighted by molar-refractivity contribution is -0.112. The van der Waals surface area contributed by atoms with Crippen LogP contribution in [0.15, 0.2) is 172 Å². The van der Waals surface area contributed by atoms with Crippen LogP contribution in [0.4, 0.5) is 20.2 Å². The molecule has 0 saturated heterocycles. The Kier molecular flexibility index (Phi) is 14.0. The van der Waals surface area contributed by atoms with Crippen LogP contribution in [0.1, 0.15) is 7.43 Å². The summed E-state index contributed by atoms with van der Waals surface area (Å²) in [5.74, 6) is -0.835. The molecule has 288 valence electrons. The smallest absolute Gasteiger partial charge is 0.247 e. The fourth-order valence-corrected chi connectivity index (χ4v) is 5.98. The van der Waals surface area contributed by atoms with Gasteiger partial charge < -0.3 is 11.1 Å². The summed E-state index contributed by atoms with van der Waals surface area (Å²) in [6, 6.07) is 36.0. The van der Waals surface area contributed by atoms with Crippen LogP contribution in [-0.4, -0.2) is 31.1 Å².